The average Bonchev–Trinajstić information content (AvgIpc) is 3.20. The van der Waals surface area contributed by atoms with E-state index in [0.717, 1.165) is 25.1 Å². The fourth-order valence-corrected chi connectivity index (χ4v) is 3.74. The number of nitrogens with one attached hydrogen (secondary N) is 1. The van der Waals surface area contributed by atoms with E-state index in [-0.39, 0.29) is 18.3 Å². The van der Waals surface area contributed by atoms with Crippen molar-refractivity contribution in [3.05, 3.63) is 35.2 Å². The third-order valence-electron chi connectivity index (χ3n) is 5.00. The van der Waals surface area contributed by atoms with Gasteiger partial charge < -0.3 is 14.7 Å². The van der Waals surface area contributed by atoms with Crippen LogP contribution in [-0.2, 0) is 11.2 Å². The van der Waals surface area contributed by atoms with E-state index in [0.29, 0.717) is 41.7 Å². The van der Waals surface area contributed by atoms with E-state index in [1.807, 2.05) is 17.0 Å². The van der Waals surface area contributed by atoms with Crippen LogP contribution in [-0.4, -0.2) is 46.1 Å². The summed E-state index contributed by atoms with van der Waals surface area (Å²) < 4.78 is 5.28. The van der Waals surface area contributed by atoms with Gasteiger partial charge in [-0.05, 0) is 43.5 Å². The van der Waals surface area contributed by atoms with Gasteiger partial charge in [-0.2, -0.15) is 4.98 Å². The second-order valence-corrected chi connectivity index (χ2v) is 7.22. The van der Waals surface area contributed by atoms with Gasteiger partial charge in [-0.1, -0.05) is 16.8 Å². The first-order chi connectivity index (χ1) is 12.2. The molecule has 8 heteroatoms. The molecule has 0 saturated carbocycles. The summed E-state index contributed by atoms with van der Waals surface area (Å²) in [5, 5.41) is 8.25. The summed E-state index contributed by atoms with van der Waals surface area (Å²) in [6.07, 6.45) is 4.32. The molecule has 0 aliphatic carbocycles. The minimum absolute atomic E-state index is 0. The molecule has 2 bridgehead atoms. The third-order valence-corrected chi connectivity index (χ3v) is 5.25. The molecule has 1 aromatic heterocycles. The van der Waals surface area contributed by atoms with Crippen molar-refractivity contribution < 1.29 is 9.32 Å². The van der Waals surface area contributed by atoms with Crippen molar-refractivity contribution in [1.82, 2.24) is 20.4 Å². The second-order valence-electron chi connectivity index (χ2n) is 6.78. The SMILES string of the molecule is Cl.O=C(CCc1nc(-c2ccc(Cl)cc2)no1)N1CCC2CCC(C1)N2. The lowest BCUT2D eigenvalue weighted by Crippen LogP contribution is -2.39. The van der Waals surface area contributed by atoms with Gasteiger partial charge in [0.15, 0.2) is 0 Å². The number of amides is 1. The molecule has 0 radical (unpaired) electrons. The Morgan fingerprint density at radius 3 is 2.81 bits per heavy atom. The lowest BCUT2D eigenvalue weighted by molar-refractivity contribution is -0.131. The highest BCUT2D eigenvalue weighted by Gasteiger charge is 2.31. The first-order valence-electron chi connectivity index (χ1n) is 8.80. The number of rotatable bonds is 4. The zero-order valence-corrected chi connectivity index (χ0v) is 15.9. The molecule has 26 heavy (non-hydrogen) atoms. The molecule has 3 heterocycles. The Morgan fingerprint density at radius 1 is 1.23 bits per heavy atom. The van der Waals surface area contributed by atoms with Crippen LogP contribution >= 0.6 is 24.0 Å². The van der Waals surface area contributed by atoms with Crippen LogP contribution in [0.5, 0.6) is 0 Å². The molecule has 6 nitrogen and oxygen atoms in total. The lowest BCUT2D eigenvalue weighted by Gasteiger charge is -2.24. The molecule has 140 valence electrons. The van der Waals surface area contributed by atoms with Gasteiger partial charge in [0.05, 0.1) is 0 Å². The highest BCUT2D eigenvalue weighted by Crippen LogP contribution is 2.22. The van der Waals surface area contributed by atoms with Gasteiger partial charge in [-0.15, -0.1) is 12.4 Å². The van der Waals surface area contributed by atoms with Gasteiger partial charge >= 0.3 is 0 Å². The van der Waals surface area contributed by atoms with Gasteiger partial charge in [0.2, 0.25) is 17.6 Å². The largest absolute Gasteiger partial charge is 0.341 e. The molecular formula is C18H22Cl2N4O2. The Kier molecular flexibility index (Phi) is 6.16. The van der Waals surface area contributed by atoms with Gasteiger partial charge in [-0.25, -0.2) is 0 Å². The van der Waals surface area contributed by atoms with Crippen molar-refractivity contribution in [1.29, 1.82) is 0 Å². The van der Waals surface area contributed by atoms with Gasteiger partial charge in [0.25, 0.3) is 0 Å². The van der Waals surface area contributed by atoms with Crippen molar-refractivity contribution in [2.24, 2.45) is 0 Å². The summed E-state index contributed by atoms with van der Waals surface area (Å²) in [5.74, 6) is 1.18. The Morgan fingerprint density at radius 2 is 2.00 bits per heavy atom. The molecular weight excluding hydrogens is 375 g/mol. The molecule has 2 aromatic rings. The van der Waals surface area contributed by atoms with Crippen LogP contribution in [0.15, 0.2) is 28.8 Å². The fraction of sp³-hybridized carbons (Fsp3) is 0.500. The molecule has 2 atom stereocenters. The molecule has 4 rings (SSSR count). The smallest absolute Gasteiger partial charge is 0.227 e. The molecule has 0 spiro atoms. The Balaban J connectivity index is 0.00000196. The standard InChI is InChI=1S/C18H21ClN4O2.ClH/c19-13-3-1-12(2-4-13)18-21-16(25-22-18)7-8-17(24)23-10-9-14-5-6-15(11-23)20-14;/h1-4,14-15,20H,5-11H2;1H. The summed E-state index contributed by atoms with van der Waals surface area (Å²) in [4.78, 5) is 18.9. The Labute approximate surface area is 163 Å². The molecule has 2 aliphatic rings. The van der Waals surface area contributed by atoms with E-state index >= 15 is 0 Å². The maximum atomic E-state index is 12.5. The van der Waals surface area contributed by atoms with E-state index in [9.17, 15) is 4.79 Å². The van der Waals surface area contributed by atoms with Crippen LogP contribution in [0.3, 0.4) is 0 Å². The van der Waals surface area contributed by atoms with Crippen molar-refractivity contribution in [3.63, 3.8) is 0 Å². The molecule has 2 aliphatic heterocycles. The highest BCUT2D eigenvalue weighted by molar-refractivity contribution is 6.30. The topological polar surface area (TPSA) is 71.3 Å². The maximum Gasteiger partial charge on any atom is 0.227 e. The predicted molar refractivity (Wildman–Crippen MR) is 101 cm³/mol. The van der Waals surface area contributed by atoms with Crippen molar-refractivity contribution in [2.75, 3.05) is 13.1 Å². The summed E-state index contributed by atoms with van der Waals surface area (Å²) in [5.41, 5.74) is 0.848. The number of nitrogens with zero attached hydrogens (tertiary/aromatic N) is 3. The predicted octanol–water partition coefficient (Wildman–Crippen LogP) is 3.10. The van der Waals surface area contributed by atoms with E-state index in [2.05, 4.69) is 15.5 Å². The lowest BCUT2D eigenvalue weighted by atomic mass is 10.1. The maximum absolute atomic E-state index is 12.5. The number of aryl methyl sites for hydroxylation is 1. The average molecular weight is 397 g/mol. The van der Waals surface area contributed by atoms with Crippen LogP contribution < -0.4 is 5.32 Å². The van der Waals surface area contributed by atoms with Crippen LogP contribution in [0.1, 0.15) is 31.6 Å². The number of benzene rings is 1. The van der Waals surface area contributed by atoms with Gasteiger partial charge in [-0.3, -0.25) is 4.79 Å². The minimum atomic E-state index is 0. The Bertz CT molecular complexity index is 750. The first kappa shape index (κ1) is 19.1. The van der Waals surface area contributed by atoms with Crippen LogP contribution in [0, 0.1) is 0 Å². The monoisotopic (exact) mass is 396 g/mol. The summed E-state index contributed by atoms with van der Waals surface area (Å²) in [7, 11) is 0. The van der Waals surface area contributed by atoms with E-state index in [4.69, 9.17) is 16.1 Å². The first-order valence-corrected chi connectivity index (χ1v) is 9.17. The molecule has 2 fully saturated rings. The van der Waals surface area contributed by atoms with Crippen LogP contribution in [0.25, 0.3) is 11.4 Å². The van der Waals surface area contributed by atoms with E-state index in [1.54, 1.807) is 12.1 Å². The third kappa shape index (κ3) is 4.37. The van der Waals surface area contributed by atoms with E-state index in [1.165, 1.54) is 12.8 Å². The van der Waals surface area contributed by atoms with E-state index < -0.39 is 0 Å². The quantitative estimate of drug-likeness (QED) is 0.859. The number of aromatic nitrogens is 2. The number of hydrogen-bond acceptors (Lipinski definition) is 5. The van der Waals surface area contributed by atoms with Crippen molar-refractivity contribution >= 4 is 29.9 Å². The molecule has 1 aromatic carbocycles. The number of hydrogen-bond donors (Lipinski definition) is 1. The zero-order valence-electron chi connectivity index (χ0n) is 14.4. The number of carbonyl (C=O) groups excluding carboxylic acids is 1. The molecule has 2 saturated heterocycles. The second kappa shape index (κ2) is 8.37. The Hall–Kier alpha value is -1.63. The summed E-state index contributed by atoms with van der Waals surface area (Å²) in [6, 6.07) is 8.31. The van der Waals surface area contributed by atoms with Crippen LogP contribution in [0.2, 0.25) is 5.02 Å². The molecule has 1 N–H and O–H groups in total. The zero-order chi connectivity index (χ0) is 17.2. The summed E-state index contributed by atoms with van der Waals surface area (Å²) >= 11 is 5.89. The number of carbonyl (C=O) groups is 1. The van der Waals surface area contributed by atoms with Gasteiger partial charge in [0, 0.05) is 48.6 Å². The number of likely N-dealkylation sites (tertiary alicyclic amines) is 1. The highest BCUT2D eigenvalue weighted by atomic mass is 35.5. The summed E-state index contributed by atoms with van der Waals surface area (Å²) in [6.45, 7) is 1.65. The van der Waals surface area contributed by atoms with Crippen molar-refractivity contribution in [2.45, 2.75) is 44.2 Å². The fourth-order valence-electron chi connectivity index (χ4n) is 3.61. The van der Waals surface area contributed by atoms with Crippen molar-refractivity contribution in [3.8, 4) is 11.4 Å². The molecule has 1 amide bonds. The number of halogens is 2. The minimum Gasteiger partial charge on any atom is -0.341 e. The number of fused-ring (bicyclic) bond motifs is 2. The van der Waals surface area contributed by atoms with Gasteiger partial charge in [0.1, 0.15) is 0 Å². The molecule has 2 unspecified atom stereocenters. The van der Waals surface area contributed by atoms with Crippen LogP contribution in [0.4, 0.5) is 0 Å². The normalized spacial score (nSPS) is 22.0.